The molecule has 0 aromatic heterocycles. The zero-order valence-corrected chi connectivity index (χ0v) is 14.4. The summed E-state index contributed by atoms with van der Waals surface area (Å²) in [5.74, 6) is 1.94. The molecule has 0 heterocycles. The summed E-state index contributed by atoms with van der Waals surface area (Å²) >= 11 is 13.8. The van der Waals surface area contributed by atoms with Crippen LogP contribution in [0.3, 0.4) is 0 Å². The molecule has 0 bridgehead atoms. The Hall–Kier alpha value is -0.580. The Morgan fingerprint density at radius 3 is 2.70 bits per heavy atom. The van der Waals surface area contributed by atoms with E-state index in [1.165, 1.54) is 0 Å². The predicted molar refractivity (Wildman–Crippen MR) is 92.4 cm³/mol. The number of guanidine groups is 1. The maximum absolute atomic E-state index is 6.04. The summed E-state index contributed by atoms with van der Waals surface area (Å²) in [6.45, 7) is 2.98. The summed E-state index contributed by atoms with van der Waals surface area (Å²) in [6.07, 6.45) is 3.22. The normalized spacial score (nSPS) is 13.2. The van der Waals surface area contributed by atoms with Gasteiger partial charge in [0, 0.05) is 13.6 Å². The van der Waals surface area contributed by atoms with Crippen LogP contribution in [0.1, 0.15) is 24.9 Å². The van der Waals surface area contributed by atoms with Crippen molar-refractivity contribution in [3.8, 4) is 0 Å². The number of rotatable bonds is 6. The molecule has 0 radical (unpaired) electrons. The van der Waals surface area contributed by atoms with E-state index in [-0.39, 0.29) is 6.04 Å². The molecule has 1 aromatic carbocycles. The Morgan fingerprint density at radius 1 is 1.35 bits per heavy atom. The fraction of sp³-hybridized carbons (Fsp3) is 0.500. The fourth-order valence-electron chi connectivity index (χ4n) is 1.69. The highest BCUT2D eigenvalue weighted by molar-refractivity contribution is 7.98. The van der Waals surface area contributed by atoms with Gasteiger partial charge in [-0.05, 0) is 43.0 Å². The van der Waals surface area contributed by atoms with Crippen LogP contribution in [0.15, 0.2) is 23.2 Å². The van der Waals surface area contributed by atoms with Crippen molar-refractivity contribution in [1.29, 1.82) is 0 Å². The summed E-state index contributed by atoms with van der Waals surface area (Å²) in [6, 6.07) is 5.76. The third-order valence-corrected chi connectivity index (χ3v) is 4.27. The molecule has 0 aliphatic rings. The lowest BCUT2D eigenvalue weighted by molar-refractivity contribution is 0.683. The van der Waals surface area contributed by atoms with Crippen LogP contribution in [0.2, 0.25) is 10.0 Å². The van der Waals surface area contributed by atoms with Gasteiger partial charge in [-0.25, -0.2) is 0 Å². The van der Waals surface area contributed by atoms with Crippen molar-refractivity contribution in [2.75, 3.05) is 25.6 Å². The monoisotopic (exact) mass is 333 g/mol. The lowest BCUT2D eigenvalue weighted by Gasteiger charge is -2.18. The van der Waals surface area contributed by atoms with Crippen LogP contribution < -0.4 is 10.6 Å². The Kier molecular flexibility index (Phi) is 8.19. The molecule has 0 fully saturated rings. The molecule has 2 N–H and O–H groups in total. The molecule has 0 aliphatic carbocycles. The number of halogens is 2. The second kappa shape index (κ2) is 9.37. The van der Waals surface area contributed by atoms with Crippen LogP contribution in [0.4, 0.5) is 0 Å². The van der Waals surface area contributed by atoms with Gasteiger partial charge in [0.05, 0.1) is 16.1 Å². The molecule has 0 saturated heterocycles. The second-order valence-electron chi connectivity index (χ2n) is 4.38. The first-order valence-electron chi connectivity index (χ1n) is 6.49. The van der Waals surface area contributed by atoms with Gasteiger partial charge in [0.15, 0.2) is 5.96 Å². The maximum atomic E-state index is 6.04. The van der Waals surface area contributed by atoms with E-state index in [1.54, 1.807) is 7.05 Å². The van der Waals surface area contributed by atoms with Crippen LogP contribution in [-0.4, -0.2) is 31.6 Å². The topological polar surface area (TPSA) is 36.4 Å². The minimum atomic E-state index is 0.108. The van der Waals surface area contributed by atoms with E-state index in [4.69, 9.17) is 23.2 Å². The third kappa shape index (κ3) is 5.81. The molecule has 1 rings (SSSR count). The summed E-state index contributed by atoms with van der Waals surface area (Å²) < 4.78 is 0. The molecule has 20 heavy (non-hydrogen) atoms. The van der Waals surface area contributed by atoms with Crippen LogP contribution in [0, 0.1) is 0 Å². The molecule has 1 atom stereocenters. The number of hydrogen-bond donors (Lipinski definition) is 2. The minimum Gasteiger partial charge on any atom is -0.356 e. The largest absolute Gasteiger partial charge is 0.356 e. The van der Waals surface area contributed by atoms with E-state index in [2.05, 4.69) is 28.8 Å². The Bertz CT molecular complexity index is 452. The van der Waals surface area contributed by atoms with Crippen LogP contribution in [-0.2, 0) is 0 Å². The van der Waals surface area contributed by atoms with Crippen molar-refractivity contribution in [2.45, 2.75) is 19.4 Å². The van der Waals surface area contributed by atoms with Crippen LogP contribution in [0.25, 0.3) is 0 Å². The van der Waals surface area contributed by atoms with Gasteiger partial charge in [0.1, 0.15) is 0 Å². The Morgan fingerprint density at radius 2 is 2.10 bits per heavy atom. The number of thioether (sulfide) groups is 1. The fourth-order valence-corrected chi connectivity index (χ4v) is 2.43. The molecule has 1 unspecified atom stereocenters. The average Bonchev–Trinajstić information content (AvgIpc) is 2.44. The van der Waals surface area contributed by atoms with Gasteiger partial charge < -0.3 is 10.6 Å². The van der Waals surface area contributed by atoms with Gasteiger partial charge in [-0.15, -0.1) is 0 Å². The minimum absolute atomic E-state index is 0.108. The Labute approximate surface area is 135 Å². The molecule has 6 heteroatoms. The third-order valence-electron chi connectivity index (χ3n) is 2.84. The van der Waals surface area contributed by atoms with Gasteiger partial charge in [-0.3, -0.25) is 4.99 Å². The number of benzene rings is 1. The van der Waals surface area contributed by atoms with Crippen LogP contribution >= 0.6 is 35.0 Å². The maximum Gasteiger partial charge on any atom is 0.191 e. The van der Waals surface area contributed by atoms with Crippen LogP contribution in [0.5, 0.6) is 0 Å². The van der Waals surface area contributed by atoms with Crippen molar-refractivity contribution in [1.82, 2.24) is 10.6 Å². The van der Waals surface area contributed by atoms with E-state index >= 15 is 0 Å². The summed E-state index contributed by atoms with van der Waals surface area (Å²) in [7, 11) is 1.77. The molecule has 1 aromatic rings. The highest BCUT2D eigenvalue weighted by atomic mass is 35.5. The second-order valence-corrected chi connectivity index (χ2v) is 6.18. The first-order valence-corrected chi connectivity index (χ1v) is 8.64. The molecule has 0 aliphatic heterocycles. The summed E-state index contributed by atoms with van der Waals surface area (Å²) in [5.41, 5.74) is 1.08. The molecule has 0 saturated carbocycles. The number of hydrogen-bond acceptors (Lipinski definition) is 2. The molecule has 0 spiro atoms. The highest BCUT2D eigenvalue weighted by Crippen LogP contribution is 2.25. The standard InChI is InChI=1S/C14H21Cl2N3S/c1-10(11-5-6-12(15)13(16)9-11)19-14(17-2)18-7-4-8-20-3/h5-6,9-10H,4,7-8H2,1-3H3,(H2,17,18,19). The van der Waals surface area contributed by atoms with Gasteiger partial charge in [0.2, 0.25) is 0 Å². The zero-order valence-electron chi connectivity index (χ0n) is 12.0. The van der Waals surface area contributed by atoms with E-state index in [1.807, 2.05) is 30.0 Å². The smallest absolute Gasteiger partial charge is 0.191 e. The van der Waals surface area contributed by atoms with E-state index in [0.29, 0.717) is 10.0 Å². The van der Waals surface area contributed by atoms with Gasteiger partial charge in [-0.1, -0.05) is 29.3 Å². The molecule has 0 amide bonds. The quantitative estimate of drug-likeness (QED) is 0.469. The van der Waals surface area contributed by atoms with Crippen molar-refractivity contribution >= 4 is 40.9 Å². The number of aliphatic imine (C=N–C) groups is 1. The van der Waals surface area contributed by atoms with Crippen molar-refractivity contribution in [2.24, 2.45) is 4.99 Å². The Balaban J connectivity index is 2.54. The van der Waals surface area contributed by atoms with Crippen molar-refractivity contribution in [3.05, 3.63) is 33.8 Å². The van der Waals surface area contributed by atoms with E-state index in [9.17, 15) is 0 Å². The lowest BCUT2D eigenvalue weighted by atomic mass is 10.1. The average molecular weight is 334 g/mol. The summed E-state index contributed by atoms with van der Waals surface area (Å²) in [5, 5.41) is 7.78. The number of nitrogens with one attached hydrogen (secondary N) is 2. The lowest BCUT2D eigenvalue weighted by Crippen LogP contribution is -2.39. The van der Waals surface area contributed by atoms with Crippen molar-refractivity contribution < 1.29 is 0 Å². The summed E-state index contributed by atoms with van der Waals surface area (Å²) in [4.78, 5) is 4.22. The first-order chi connectivity index (χ1) is 9.58. The molecule has 112 valence electrons. The predicted octanol–water partition coefficient (Wildman–Crippen LogP) is 3.97. The van der Waals surface area contributed by atoms with E-state index in [0.717, 1.165) is 30.2 Å². The SMILES string of the molecule is CN=C(NCCCSC)NC(C)c1ccc(Cl)c(Cl)c1. The molecular formula is C14H21Cl2N3S. The van der Waals surface area contributed by atoms with E-state index < -0.39 is 0 Å². The van der Waals surface area contributed by atoms with Gasteiger partial charge in [0.25, 0.3) is 0 Å². The van der Waals surface area contributed by atoms with Gasteiger partial charge in [-0.2, -0.15) is 11.8 Å². The highest BCUT2D eigenvalue weighted by Gasteiger charge is 2.09. The molecule has 3 nitrogen and oxygen atoms in total. The van der Waals surface area contributed by atoms with Crippen molar-refractivity contribution in [3.63, 3.8) is 0 Å². The first kappa shape index (κ1) is 17.5. The zero-order chi connectivity index (χ0) is 15.0. The van der Waals surface area contributed by atoms with Gasteiger partial charge >= 0.3 is 0 Å². The molecular weight excluding hydrogens is 313 g/mol. The number of nitrogens with zero attached hydrogens (tertiary/aromatic N) is 1.